The number of halogens is 3. The number of likely N-dealkylation sites (tertiary alicyclic amines) is 1. The number of benzene rings is 2. The van der Waals surface area contributed by atoms with Crippen LogP contribution in [-0.4, -0.2) is 53.5 Å². The van der Waals surface area contributed by atoms with Crippen LogP contribution in [0, 0.1) is 5.41 Å². The van der Waals surface area contributed by atoms with Crippen LogP contribution in [0.5, 0.6) is 5.75 Å². The number of hydroxylamine groups is 1. The Hall–Kier alpha value is -2.10. The number of nitrogens with one attached hydrogen (secondary N) is 1. The van der Waals surface area contributed by atoms with Gasteiger partial charge in [0.2, 0.25) is 5.91 Å². The van der Waals surface area contributed by atoms with Crippen molar-refractivity contribution in [3.05, 3.63) is 64.3 Å². The summed E-state index contributed by atoms with van der Waals surface area (Å²) in [5.41, 5.74) is 1.96. The number of aromatic nitrogens is 1. The van der Waals surface area contributed by atoms with E-state index in [1.807, 2.05) is 29.7 Å². The maximum Gasteiger partial charge on any atom is 0.249 e. The first-order chi connectivity index (χ1) is 17.8. The Morgan fingerprint density at radius 1 is 1.24 bits per heavy atom. The molecule has 0 unspecified atom stereocenters. The molecule has 4 rings (SSSR count). The third-order valence-electron chi connectivity index (χ3n) is 7.14. The van der Waals surface area contributed by atoms with Crippen LogP contribution in [0.15, 0.2) is 53.6 Å². The monoisotopic (exact) mass is 565 g/mol. The van der Waals surface area contributed by atoms with Gasteiger partial charge < -0.3 is 9.64 Å². The number of nitrogens with zero attached hydrogens (tertiary/aromatic N) is 2. The molecule has 1 amide bonds. The lowest BCUT2D eigenvalue weighted by molar-refractivity contribution is -0.143. The summed E-state index contributed by atoms with van der Waals surface area (Å²) in [6.07, 6.45) is 1.51. The van der Waals surface area contributed by atoms with Gasteiger partial charge in [0.1, 0.15) is 11.9 Å². The van der Waals surface area contributed by atoms with Gasteiger partial charge in [0.15, 0.2) is 0 Å². The molecule has 1 saturated heterocycles. The number of pyridine rings is 1. The topological polar surface area (TPSA) is 74.7 Å². The zero-order chi connectivity index (χ0) is 26.4. The zero-order valence-corrected chi connectivity index (χ0v) is 22.9. The number of fused-ring (bicyclic) bond motifs is 1. The quantitative estimate of drug-likeness (QED) is 0.161. The van der Waals surface area contributed by atoms with E-state index >= 15 is 4.39 Å². The Labute approximate surface area is 230 Å². The number of piperidine rings is 1. The van der Waals surface area contributed by atoms with Gasteiger partial charge in [-0.3, -0.25) is 15.0 Å². The average molecular weight is 567 g/mol. The van der Waals surface area contributed by atoms with Crippen LogP contribution >= 0.6 is 35.0 Å². The molecule has 1 aliphatic rings. The summed E-state index contributed by atoms with van der Waals surface area (Å²) in [6.45, 7) is 2.26. The molecule has 2 N–H and O–H groups in total. The normalized spacial score (nSPS) is 16.5. The number of rotatable bonds is 10. The third-order valence-corrected chi connectivity index (χ3v) is 8.69. The summed E-state index contributed by atoms with van der Waals surface area (Å²) in [5.74, 6) is 1.04. The van der Waals surface area contributed by atoms with Crippen molar-refractivity contribution in [2.75, 3.05) is 32.5 Å². The van der Waals surface area contributed by atoms with Crippen molar-refractivity contribution in [3.8, 4) is 5.75 Å². The molecule has 0 radical (unpaired) electrons. The second kappa shape index (κ2) is 12.6. The Morgan fingerprint density at radius 2 is 1.97 bits per heavy atom. The number of carbonyl (C=O) groups is 1. The van der Waals surface area contributed by atoms with Gasteiger partial charge in [-0.2, -0.15) is 0 Å². The van der Waals surface area contributed by atoms with Crippen LogP contribution in [0.2, 0.25) is 10.0 Å². The van der Waals surface area contributed by atoms with Crippen LogP contribution in [0.3, 0.4) is 0 Å². The van der Waals surface area contributed by atoms with Crippen LogP contribution < -0.4 is 10.2 Å². The van der Waals surface area contributed by atoms with Crippen LogP contribution in [-0.2, 0) is 4.79 Å². The molecular formula is C27H30Cl2FN3O3S. The van der Waals surface area contributed by atoms with E-state index in [2.05, 4.69) is 9.88 Å². The number of methoxy groups -OCH3 is 1. The lowest BCUT2D eigenvalue weighted by atomic mass is 9.73. The first kappa shape index (κ1) is 27.9. The maximum absolute atomic E-state index is 15.7. The molecule has 2 heterocycles. The minimum atomic E-state index is -1.40. The molecule has 0 spiro atoms. The van der Waals surface area contributed by atoms with Gasteiger partial charge in [0.25, 0.3) is 0 Å². The molecule has 10 heteroatoms. The largest absolute Gasteiger partial charge is 0.497 e. The van der Waals surface area contributed by atoms with Crippen molar-refractivity contribution >= 4 is 51.8 Å². The summed E-state index contributed by atoms with van der Waals surface area (Å²) < 4.78 is 21.0. The molecule has 1 fully saturated rings. The first-order valence-electron chi connectivity index (χ1n) is 12.2. The lowest BCUT2D eigenvalue weighted by Crippen LogP contribution is -2.48. The van der Waals surface area contributed by atoms with Crippen molar-refractivity contribution in [2.45, 2.75) is 36.8 Å². The SMILES string of the molecule is COc1ccc2ncc(Cl)c([C@H](F)CCC3(C(=O)NO)CCN(CCSc4ccc(Cl)cc4)CC3)c2c1. The van der Waals surface area contributed by atoms with E-state index < -0.39 is 17.5 Å². The Morgan fingerprint density at radius 3 is 2.65 bits per heavy atom. The van der Waals surface area contributed by atoms with E-state index in [1.165, 1.54) is 6.20 Å². The molecule has 1 aliphatic heterocycles. The Balaban J connectivity index is 1.39. The molecule has 0 saturated carbocycles. The molecule has 1 atom stereocenters. The minimum absolute atomic E-state index is 0.0931. The predicted octanol–water partition coefficient (Wildman–Crippen LogP) is 6.72. The number of carbonyl (C=O) groups excluding carboxylic acids is 1. The highest BCUT2D eigenvalue weighted by atomic mass is 35.5. The van der Waals surface area contributed by atoms with Crippen LogP contribution in [0.25, 0.3) is 10.9 Å². The van der Waals surface area contributed by atoms with Crippen LogP contribution in [0.4, 0.5) is 4.39 Å². The highest BCUT2D eigenvalue weighted by Crippen LogP contribution is 2.42. The minimum Gasteiger partial charge on any atom is -0.497 e. The molecule has 0 aliphatic carbocycles. The second-order valence-corrected chi connectivity index (χ2v) is 11.3. The lowest BCUT2D eigenvalue weighted by Gasteiger charge is -2.40. The molecule has 6 nitrogen and oxygen atoms in total. The highest BCUT2D eigenvalue weighted by molar-refractivity contribution is 7.99. The van der Waals surface area contributed by atoms with E-state index in [0.29, 0.717) is 53.2 Å². The molecule has 2 aromatic carbocycles. The van der Waals surface area contributed by atoms with E-state index in [1.54, 1.807) is 37.1 Å². The standard InChI is InChI=1S/C27H30Cl2FN3O3S/c1-36-19-4-7-24-21(16-19)25(22(29)17-31-24)23(30)8-9-27(26(34)32-35)10-12-33(13-11-27)14-15-37-20-5-2-18(28)3-6-20/h2-7,16-17,23,35H,8-15H2,1H3,(H,32,34)/t23-/m1/s1. The zero-order valence-electron chi connectivity index (χ0n) is 20.6. The summed E-state index contributed by atoms with van der Waals surface area (Å²) >= 11 is 14.1. The van der Waals surface area contributed by atoms with Gasteiger partial charge in [-0.25, -0.2) is 9.87 Å². The third kappa shape index (κ3) is 6.67. The predicted molar refractivity (Wildman–Crippen MR) is 147 cm³/mol. The van der Waals surface area contributed by atoms with Gasteiger partial charge in [0, 0.05) is 39.4 Å². The van der Waals surface area contributed by atoms with Gasteiger partial charge in [0.05, 0.1) is 23.1 Å². The molecular weight excluding hydrogens is 536 g/mol. The molecule has 1 aromatic heterocycles. The van der Waals surface area contributed by atoms with E-state index in [9.17, 15) is 10.0 Å². The van der Waals surface area contributed by atoms with Crippen molar-refractivity contribution in [2.24, 2.45) is 5.41 Å². The van der Waals surface area contributed by atoms with Crippen molar-refractivity contribution in [1.82, 2.24) is 15.4 Å². The summed E-state index contributed by atoms with van der Waals surface area (Å²) in [7, 11) is 1.55. The first-order valence-corrected chi connectivity index (χ1v) is 13.9. The highest BCUT2D eigenvalue weighted by Gasteiger charge is 2.41. The molecule has 0 bridgehead atoms. The van der Waals surface area contributed by atoms with Gasteiger partial charge in [-0.15, -0.1) is 11.8 Å². The van der Waals surface area contributed by atoms with Crippen LogP contribution in [0.1, 0.15) is 37.4 Å². The van der Waals surface area contributed by atoms with Gasteiger partial charge in [-0.1, -0.05) is 23.2 Å². The fourth-order valence-corrected chi connectivity index (χ4v) is 6.21. The summed E-state index contributed by atoms with van der Waals surface area (Å²) in [4.78, 5) is 20.5. The fourth-order valence-electron chi connectivity index (χ4n) is 4.90. The van der Waals surface area contributed by atoms with E-state index in [4.69, 9.17) is 27.9 Å². The number of ether oxygens (including phenoxy) is 1. The Bertz CT molecular complexity index is 1220. The van der Waals surface area contributed by atoms with E-state index in [-0.39, 0.29) is 17.9 Å². The summed E-state index contributed by atoms with van der Waals surface area (Å²) in [5, 5.41) is 11.0. The Kier molecular flexibility index (Phi) is 9.53. The number of amides is 1. The smallest absolute Gasteiger partial charge is 0.249 e. The fraction of sp³-hybridized carbons (Fsp3) is 0.407. The van der Waals surface area contributed by atoms with Crippen molar-refractivity contribution in [3.63, 3.8) is 0 Å². The summed E-state index contributed by atoms with van der Waals surface area (Å²) in [6, 6.07) is 13.0. The molecule has 37 heavy (non-hydrogen) atoms. The van der Waals surface area contributed by atoms with Gasteiger partial charge in [-0.05, 0) is 81.2 Å². The molecule has 198 valence electrons. The second-order valence-electron chi connectivity index (χ2n) is 9.27. The van der Waals surface area contributed by atoms with E-state index in [0.717, 1.165) is 17.2 Å². The van der Waals surface area contributed by atoms with Crippen molar-refractivity contribution < 1.29 is 19.1 Å². The van der Waals surface area contributed by atoms with Gasteiger partial charge >= 0.3 is 0 Å². The van der Waals surface area contributed by atoms with Crippen molar-refractivity contribution in [1.29, 1.82) is 0 Å². The number of hydrogen-bond acceptors (Lipinski definition) is 6. The number of thioether (sulfide) groups is 1. The number of hydrogen-bond donors (Lipinski definition) is 2. The number of alkyl halides is 1. The maximum atomic E-state index is 15.7. The molecule has 3 aromatic rings. The average Bonchev–Trinajstić information content (AvgIpc) is 2.92.